The number of nitrogens with one attached hydrogen (secondary N) is 1. The molecule has 1 aromatic heterocycles. The molecule has 3 nitrogen and oxygen atoms in total. The Kier molecular flexibility index (Phi) is 2.58. The van der Waals surface area contributed by atoms with Crippen LogP contribution in [-0.2, 0) is 6.54 Å². The van der Waals surface area contributed by atoms with Gasteiger partial charge in [0.05, 0.1) is 18.1 Å². The van der Waals surface area contributed by atoms with Gasteiger partial charge in [-0.1, -0.05) is 0 Å². The molecule has 1 saturated heterocycles. The van der Waals surface area contributed by atoms with E-state index in [9.17, 15) is 0 Å². The van der Waals surface area contributed by atoms with E-state index in [-0.39, 0.29) is 0 Å². The zero-order chi connectivity index (χ0) is 10.2. The Bertz CT molecular complexity index is 319. The Hall–Kier alpha value is -0.480. The van der Waals surface area contributed by atoms with Crippen molar-refractivity contribution in [1.82, 2.24) is 14.9 Å². The third kappa shape index (κ3) is 1.68. The highest BCUT2D eigenvalue weighted by Crippen LogP contribution is 2.48. The minimum absolute atomic E-state index is 0.373. The highest BCUT2D eigenvalue weighted by molar-refractivity contribution is 8.02. The zero-order valence-electron chi connectivity index (χ0n) is 8.95. The normalized spacial score (nSPS) is 24.6. The molecule has 0 aromatic carbocycles. The first-order chi connectivity index (χ1) is 6.63. The molecule has 14 heavy (non-hydrogen) atoms. The maximum atomic E-state index is 4.37. The van der Waals surface area contributed by atoms with E-state index in [1.54, 1.807) is 0 Å². The minimum atomic E-state index is 0.373. The fraction of sp³-hybridized carbons (Fsp3) is 0.700. The van der Waals surface area contributed by atoms with Crippen LogP contribution in [0.1, 0.15) is 25.6 Å². The second-order valence-electron chi connectivity index (χ2n) is 4.27. The lowest BCUT2D eigenvalue weighted by Crippen LogP contribution is -2.41. The predicted molar refractivity (Wildman–Crippen MR) is 60.6 cm³/mol. The maximum absolute atomic E-state index is 4.37. The van der Waals surface area contributed by atoms with Crippen LogP contribution in [0, 0.1) is 0 Å². The molecule has 1 fully saturated rings. The molecule has 0 amide bonds. The Labute approximate surface area is 89.3 Å². The molecule has 4 heteroatoms. The number of rotatable bonds is 3. The molecule has 1 unspecified atom stereocenters. The highest BCUT2D eigenvalue weighted by atomic mass is 32.2. The van der Waals surface area contributed by atoms with Crippen molar-refractivity contribution in [2.75, 3.05) is 12.8 Å². The van der Waals surface area contributed by atoms with E-state index in [4.69, 9.17) is 0 Å². The van der Waals surface area contributed by atoms with E-state index in [0.29, 0.717) is 10.8 Å². The summed E-state index contributed by atoms with van der Waals surface area (Å²) in [5, 5.41) is 3.11. The van der Waals surface area contributed by atoms with Crippen LogP contribution in [0.25, 0.3) is 0 Å². The molecule has 0 bridgehead atoms. The second kappa shape index (κ2) is 3.59. The van der Waals surface area contributed by atoms with Crippen molar-refractivity contribution in [3.8, 4) is 0 Å². The molecule has 1 aromatic rings. The molecule has 0 spiro atoms. The van der Waals surface area contributed by atoms with Gasteiger partial charge >= 0.3 is 0 Å². The third-order valence-corrected chi connectivity index (χ3v) is 4.29. The second-order valence-corrected chi connectivity index (χ2v) is 5.95. The van der Waals surface area contributed by atoms with E-state index in [2.05, 4.69) is 34.9 Å². The van der Waals surface area contributed by atoms with Crippen LogP contribution >= 0.6 is 11.8 Å². The minimum Gasteiger partial charge on any atom is -0.332 e. The molecule has 2 rings (SSSR count). The van der Waals surface area contributed by atoms with Gasteiger partial charge in [-0.25, -0.2) is 4.98 Å². The van der Waals surface area contributed by atoms with Crippen LogP contribution in [0.3, 0.4) is 0 Å². The van der Waals surface area contributed by atoms with Crippen LogP contribution in [-0.4, -0.2) is 27.1 Å². The van der Waals surface area contributed by atoms with E-state index in [1.807, 2.05) is 25.1 Å². The molecule has 1 aliphatic rings. The van der Waals surface area contributed by atoms with Gasteiger partial charge in [0.2, 0.25) is 0 Å². The lowest BCUT2D eigenvalue weighted by atomic mass is 10.0. The number of nitrogens with zero attached hydrogens (tertiary/aromatic N) is 2. The first-order valence-electron chi connectivity index (χ1n) is 4.94. The van der Waals surface area contributed by atoms with Crippen molar-refractivity contribution >= 4 is 11.8 Å². The number of aromatic nitrogens is 2. The van der Waals surface area contributed by atoms with Crippen molar-refractivity contribution in [3.63, 3.8) is 0 Å². The fourth-order valence-corrected chi connectivity index (χ4v) is 3.03. The Morgan fingerprint density at radius 2 is 2.50 bits per heavy atom. The van der Waals surface area contributed by atoms with Crippen molar-refractivity contribution in [2.45, 2.75) is 31.2 Å². The van der Waals surface area contributed by atoms with Gasteiger partial charge in [-0.15, -0.1) is 0 Å². The summed E-state index contributed by atoms with van der Waals surface area (Å²) in [6.07, 6.45) is 4.11. The highest BCUT2D eigenvalue weighted by Gasteiger charge is 2.40. The SMILES string of the molecule is CNCc1cn(C2CSC2(C)C)cn1. The molecule has 2 heterocycles. The largest absolute Gasteiger partial charge is 0.332 e. The number of hydrogen-bond acceptors (Lipinski definition) is 3. The Morgan fingerprint density at radius 3 is 3.00 bits per heavy atom. The number of imidazole rings is 1. The quantitative estimate of drug-likeness (QED) is 0.825. The summed E-state index contributed by atoms with van der Waals surface area (Å²) < 4.78 is 2.63. The summed E-state index contributed by atoms with van der Waals surface area (Å²) in [5.74, 6) is 1.21. The van der Waals surface area contributed by atoms with Gasteiger partial charge in [0.1, 0.15) is 0 Å². The van der Waals surface area contributed by atoms with Crippen LogP contribution in [0.4, 0.5) is 0 Å². The summed E-state index contributed by atoms with van der Waals surface area (Å²) in [6.45, 7) is 5.44. The van der Waals surface area contributed by atoms with E-state index >= 15 is 0 Å². The molecular formula is C10H17N3S. The Balaban J connectivity index is 2.09. The summed E-state index contributed by atoms with van der Waals surface area (Å²) in [7, 11) is 1.95. The fourth-order valence-electron chi connectivity index (χ4n) is 1.76. The van der Waals surface area contributed by atoms with Gasteiger partial charge < -0.3 is 9.88 Å². The number of thioether (sulfide) groups is 1. The van der Waals surface area contributed by atoms with E-state index in [1.165, 1.54) is 5.75 Å². The van der Waals surface area contributed by atoms with Crippen molar-refractivity contribution < 1.29 is 0 Å². The van der Waals surface area contributed by atoms with Crippen LogP contribution in [0.2, 0.25) is 0 Å². The summed E-state index contributed by atoms with van der Waals surface area (Å²) in [4.78, 5) is 4.37. The van der Waals surface area contributed by atoms with Gasteiger partial charge in [0.15, 0.2) is 0 Å². The topological polar surface area (TPSA) is 29.9 Å². The summed E-state index contributed by atoms with van der Waals surface area (Å²) in [5.41, 5.74) is 1.13. The molecule has 1 aliphatic heterocycles. The van der Waals surface area contributed by atoms with Crippen molar-refractivity contribution in [3.05, 3.63) is 18.2 Å². The van der Waals surface area contributed by atoms with E-state index < -0.39 is 0 Å². The maximum Gasteiger partial charge on any atom is 0.0953 e. The van der Waals surface area contributed by atoms with Gasteiger partial charge in [-0.05, 0) is 20.9 Å². The molecule has 1 N–H and O–H groups in total. The van der Waals surface area contributed by atoms with Crippen LogP contribution in [0.5, 0.6) is 0 Å². The number of hydrogen-bond donors (Lipinski definition) is 1. The first-order valence-corrected chi connectivity index (χ1v) is 5.93. The zero-order valence-corrected chi connectivity index (χ0v) is 9.77. The monoisotopic (exact) mass is 211 g/mol. The standard InChI is InChI=1S/C10H17N3S/c1-10(2)9(6-14-10)13-5-8(4-11-3)12-7-13/h5,7,9,11H,4,6H2,1-3H3. The van der Waals surface area contributed by atoms with Crippen molar-refractivity contribution in [1.29, 1.82) is 0 Å². The molecule has 0 aliphatic carbocycles. The van der Waals surface area contributed by atoms with Crippen LogP contribution in [0.15, 0.2) is 12.5 Å². The van der Waals surface area contributed by atoms with Crippen molar-refractivity contribution in [2.24, 2.45) is 0 Å². The average Bonchev–Trinajstić information content (AvgIpc) is 2.52. The predicted octanol–water partition coefficient (Wildman–Crippen LogP) is 1.67. The molecule has 0 saturated carbocycles. The Morgan fingerprint density at radius 1 is 1.71 bits per heavy atom. The molecular weight excluding hydrogens is 194 g/mol. The van der Waals surface area contributed by atoms with E-state index in [0.717, 1.165) is 12.2 Å². The van der Waals surface area contributed by atoms with Crippen LogP contribution < -0.4 is 5.32 Å². The molecule has 78 valence electrons. The first kappa shape index (κ1) is 10.1. The van der Waals surface area contributed by atoms with Gasteiger partial charge in [0, 0.05) is 23.2 Å². The van der Waals surface area contributed by atoms with Gasteiger partial charge in [0.25, 0.3) is 0 Å². The summed E-state index contributed by atoms with van der Waals surface area (Å²) in [6, 6.07) is 0.616. The molecule has 0 radical (unpaired) electrons. The lowest BCUT2D eigenvalue weighted by Gasteiger charge is -2.44. The van der Waals surface area contributed by atoms with Gasteiger partial charge in [-0.2, -0.15) is 11.8 Å². The third-order valence-electron chi connectivity index (χ3n) is 2.79. The summed E-state index contributed by atoms with van der Waals surface area (Å²) >= 11 is 2.02. The average molecular weight is 211 g/mol. The van der Waals surface area contributed by atoms with Gasteiger partial charge in [-0.3, -0.25) is 0 Å². The molecule has 1 atom stereocenters. The lowest BCUT2D eigenvalue weighted by molar-refractivity contribution is 0.418. The smallest absolute Gasteiger partial charge is 0.0953 e.